The molecule has 2 heterocycles. The monoisotopic (exact) mass is 499 g/mol. The lowest BCUT2D eigenvalue weighted by Crippen LogP contribution is -2.22. The van der Waals surface area contributed by atoms with Crippen LogP contribution in [0.15, 0.2) is 79.5 Å². The fraction of sp³-hybridized carbons (Fsp3) is 0.179. The average Bonchev–Trinajstić information content (AvgIpc) is 3.29. The van der Waals surface area contributed by atoms with Crippen molar-refractivity contribution in [2.24, 2.45) is 0 Å². The number of fused-ring (bicyclic) bond motifs is 1. The minimum Gasteiger partial charge on any atom is -0.487 e. The van der Waals surface area contributed by atoms with Crippen molar-refractivity contribution in [2.45, 2.75) is 12.5 Å². The number of hydrogen-bond acceptors (Lipinski definition) is 6. The van der Waals surface area contributed by atoms with E-state index in [1.54, 1.807) is 6.20 Å². The Kier molecular flexibility index (Phi) is 6.84. The van der Waals surface area contributed by atoms with Gasteiger partial charge in [-0.25, -0.2) is 9.97 Å². The first kappa shape index (κ1) is 23.8. The second kappa shape index (κ2) is 10.4. The molecule has 1 unspecified atom stereocenters. The zero-order valence-electron chi connectivity index (χ0n) is 19.9. The molecule has 1 saturated heterocycles. The van der Waals surface area contributed by atoms with Crippen molar-refractivity contribution in [1.29, 1.82) is 0 Å². The predicted octanol–water partition coefficient (Wildman–Crippen LogP) is 5.90. The van der Waals surface area contributed by atoms with Crippen LogP contribution >= 0.6 is 11.6 Å². The summed E-state index contributed by atoms with van der Waals surface area (Å²) < 4.78 is 6.20. The Morgan fingerprint density at radius 3 is 2.83 bits per heavy atom. The van der Waals surface area contributed by atoms with Crippen LogP contribution in [0, 0.1) is 0 Å². The van der Waals surface area contributed by atoms with Crippen LogP contribution in [-0.4, -0.2) is 47.0 Å². The summed E-state index contributed by atoms with van der Waals surface area (Å²) in [5, 5.41) is 7.69. The van der Waals surface area contributed by atoms with Crippen LogP contribution < -0.4 is 15.4 Å². The molecule has 1 fully saturated rings. The quantitative estimate of drug-likeness (QED) is 0.308. The molecule has 1 aliphatic heterocycles. The SMILES string of the molecule is C=CC(=O)Nc1cc(Nc2ncc3cccc(-c4cccc(Cl)c4)c3n2)ccc1OC1CCN(C)C1. The molecular formula is C28H26ClN5O2. The zero-order valence-corrected chi connectivity index (χ0v) is 20.6. The highest BCUT2D eigenvalue weighted by Gasteiger charge is 2.22. The summed E-state index contributed by atoms with van der Waals surface area (Å²) in [5.41, 5.74) is 4.02. The van der Waals surface area contributed by atoms with Crippen LogP contribution in [0.2, 0.25) is 5.02 Å². The maximum atomic E-state index is 12.1. The number of likely N-dealkylation sites (N-methyl/N-ethyl adjacent to an activating group) is 1. The fourth-order valence-corrected chi connectivity index (χ4v) is 4.49. The van der Waals surface area contributed by atoms with Gasteiger partial charge in [-0.2, -0.15) is 0 Å². The molecular weight excluding hydrogens is 474 g/mol. The Labute approximate surface area is 214 Å². The molecule has 0 aliphatic carbocycles. The van der Waals surface area contributed by atoms with Crippen LogP contribution in [0.4, 0.5) is 17.3 Å². The summed E-state index contributed by atoms with van der Waals surface area (Å²) in [5.74, 6) is 0.733. The molecule has 0 saturated carbocycles. The van der Waals surface area contributed by atoms with Crippen molar-refractivity contribution in [3.8, 4) is 16.9 Å². The molecule has 2 N–H and O–H groups in total. The van der Waals surface area contributed by atoms with Gasteiger partial charge in [0, 0.05) is 40.9 Å². The third kappa shape index (κ3) is 5.32. The van der Waals surface area contributed by atoms with E-state index in [0.29, 0.717) is 28.1 Å². The van der Waals surface area contributed by atoms with Gasteiger partial charge in [-0.05, 0) is 55.4 Å². The Hall–Kier alpha value is -3.94. The molecule has 36 heavy (non-hydrogen) atoms. The number of nitrogens with zero attached hydrogens (tertiary/aromatic N) is 3. The normalized spacial score (nSPS) is 15.6. The Morgan fingerprint density at radius 1 is 1.19 bits per heavy atom. The number of halogens is 1. The lowest BCUT2D eigenvalue weighted by molar-refractivity contribution is -0.111. The number of aromatic nitrogens is 2. The summed E-state index contributed by atoms with van der Waals surface area (Å²) in [6.45, 7) is 5.38. The number of carbonyl (C=O) groups is 1. The van der Waals surface area contributed by atoms with Gasteiger partial charge in [0.1, 0.15) is 11.9 Å². The van der Waals surface area contributed by atoms with E-state index in [4.69, 9.17) is 21.3 Å². The van der Waals surface area contributed by atoms with Crippen molar-refractivity contribution in [3.63, 3.8) is 0 Å². The van der Waals surface area contributed by atoms with Crippen LogP contribution in [0.25, 0.3) is 22.0 Å². The molecule has 4 aromatic rings. The number of hydrogen-bond donors (Lipinski definition) is 2. The summed E-state index contributed by atoms with van der Waals surface area (Å²) in [4.78, 5) is 23.6. The van der Waals surface area contributed by atoms with Gasteiger partial charge in [0.2, 0.25) is 11.9 Å². The molecule has 0 bridgehead atoms. The van der Waals surface area contributed by atoms with Gasteiger partial charge >= 0.3 is 0 Å². The van der Waals surface area contributed by atoms with E-state index in [2.05, 4.69) is 34.1 Å². The summed E-state index contributed by atoms with van der Waals surface area (Å²) >= 11 is 6.23. The highest BCUT2D eigenvalue weighted by atomic mass is 35.5. The Bertz CT molecular complexity index is 1440. The number of ether oxygens (including phenoxy) is 1. The highest BCUT2D eigenvalue weighted by Crippen LogP contribution is 2.33. The fourth-order valence-electron chi connectivity index (χ4n) is 4.30. The molecule has 7 nitrogen and oxygen atoms in total. The molecule has 0 spiro atoms. The van der Waals surface area contributed by atoms with Gasteiger partial charge in [-0.3, -0.25) is 4.79 Å². The maximum absolute atomic E-state index is 12.1. The van der Waals surface area contributed by atoms with Gasteiger partial charge in [0.15, 0.2) is 0 Å². The zero-order chi connectivity index (χ0) is 25.1. The molecule has 1 atom stereocenters. The number of amides is 1. The van der Waals surface area contributed by atoms with Gasteiger partial charge in [-0.15, -0.1) is 0 Å². The molecule has 0 radical (unpaired) electrons. The molecule has 182 valence electrons. The average molecular weight is 500 g/mol. The first-order valence-electron chi connectivity index (χ1n) is 11.7. The van der Waals surface area contributed by atoms with Crippen LogP contribution in [0.3, 0.4) is 0 Å². The third-order valence-electron chi connectivity index (χ3n) is 6.07. The molecule has 3 aromatic carbocycles. The summed E-state index contributed by atoms with van der Waals surface area (Å²) in [6.07, 6.45) is 4.03. The van der Waals surface area contributed by atoms with Crippen molar-refractivity contribution in [2.75, 3.05) is 30.8 Å². The number of para-hydroxylation sites is 1. The lowest BCUT2D eigenvalue weighted by atomic mass is 10.0. The van der Waals surface area contributed by atoms with Gasteiger partial charge in [0.25, 0.3) is 0 Å². The van der Waals surface area contributed by atoms with Crippen molar-refractivity contribution in [3.05, 3.63) is 84.5 Å². The number of benzene rings is 3. The standard InChI is InChI=1S/C28H26ClN5O2/c1-3-26(35)32-24-15-21(10-11-25(24)36-22-12-13-34(2)17-22)31-28-30-16-19-7-5-9-23(27(19)33-28)18-6-4-8-20(29)14-18/h3-11,14-16,22H,1,12-13,17H2,2H3,(H,32,35)(H,30,31,33). The third-order valence-corrected chi connectivity index (χ3v) is 6.30. The largest absolute Gasteiger partial charge is 0.487 e. The van der Waals surface area contributed by atoms with Crippen molar-refractivity contribution >= 4 is 45.7 Å². The van der Waals surface area contributed by atoms with Gasteiger partial charge in [0.05, 0.1) is 11.2 Å². The minimum atomic E-state index is -0.311. The van der Waals surface area contributed by atoms with Gasteiger partial charge < -0.3 is 20.3 Å². The number of carbonyl (C=O) groups excluding carboxylic acids is 1. The maximum Gasteiger partial charge on any atom is 0.247 e. The van der Waals surface area contributed by atoms with E-state index < -0.39 is 0 Å². The van der Waals surface area contributed by atoms with E-state index in [9.17, 15) is 4.79 Å². The Balaban J connectivity index is 1.45. The second-order valence-electron chi connectivity index (χ2n) is 8.77. The first-order valence-corrected chi connectivity index (χ1v) is 12.1. The highest BCUT2D eigenvalue weighted by molar-refractivity contribution is 6.30. The van der Waals surface area contributed by atoms with Gasteiger partial charge in [-0.1, -0.05) is 48.5 Å². The van der Waals surface area contributed by atoms with E-state index in [1.807, 2.05) is 60.7 Å². The number of nitrogens with one attached hydrogen (secondary N) is 2. The molecule has 8 heteroatoms. The second-order valence-corrected chi connectivity index (χ2v) is 9.20. The molecule has 5 rings (SSSR count). The molecule has 1 amide bonds. The number of likely N-dealkylation sites (tertiary alicyclic amines) is 1. The Morgan fingerprint density at radius 2 is 2.06 bits per heavy atom. The van der Waals surface area contributed by atoms with Crippen molar-refractivity contribution < 1.29 is 9.53 Å². The van der Waals surface area contributed by atoms with Crippen LogP contribution in [-0.2, 0) is 4.79 Å². The number of rotatable bonds is 7. The van der Waals surface area contributed by atoms with E-state index in [-0.39, 0.29) is 12.0 Å². The predicted molar refractivity (Wildman–Crippen MR) is 145 cm³/mol. The lowest BCUT2D eigenvalue weighted by Gasteiger charge is -2.18. The van der Waals surface area contributed by atoms with E-state index in [1.165, 1.54) is 6.08 Å². The van der Waals surface area contributed by atoms with Crippen LogP contribution in [0.1, 0.15) is 6.42 Å². The van der Waals surface area contributed by atoms with E-state index >= 15 is 0 Å². The first-order chi connectivity index (χ1) is 17.5. The topological polar surface area (TPSA) is 79.4 Å². The van der Waals surface area contributed by atoms with E-state index in [0.717, 1.165) is 41.5 Å². The molecule has 1 aromatic heterocycles. The summed E-state index contributed by atoms with van der Waals surface area (Å²) in [6, 6.07) is 19.2. The minimum absolute atomic E-state index is 0.0712. The van der Waals surface area contributed by atoms with Crippen LogP contribution in [0.5, 0.6) is 5.75 Å². The number of anilines is 3. The smallest absolute Gasteiger partial charge is 0.247 e. The van der Waals surface area contributed by atoms with Crippen molar-refractivity contribution in [1.82, 2.24) is 14.9 Å². The summed E-state index contributed by atoms with van der Waals surface area (Å²) in [7, 11) is 2.07. The molecule has 1 aliphatic rings.